The predicted molar refractivity (Wildman–Crippen MR) is 120 cm³/mol. The van der Waals surface area contributed by atoms with E-state index in [0.717, 1.165) is 33.2 Å². The molecule has 0 saturated carbocycles. The Balaban J connectivity index is 1.59. The average molecular weight is 423 g/mol. The van der Waals surface area contributed by atoms with Crippen LogP contribution in [0.4, 0.5) is 10.8 Å². The maximum absolute atomic E-state index is 12.5. The van der Waals surface area contributed by atoms with Gasteiger partial charge in [-0.15, -0.1) is 11.3 Å². The third-order valence-electron chi connectivity index (χ3n) is 4.66. The van der Waals surface area contributed by atoms with E-state index >= 15 is 0 Å². The average Bonchev–Trinajstić information content (AvgIpc) is 3.29. The summed E-state index contributed by atoms with van der Waals surface area (Å²) in [5.74, 6) is 0.662. The van der Waals surface area contributed by atoms with Crippen LogP contribution in [-0.4, -0.2) is 20.3 Å². The van der Waals surface area contributed by atoms with Gasteiger partial charge in [0.15, 0.2) is 10.3 Å². The maximum atomic E-state index is 12.5. The summed E-state index contributed by atoms with van der Waals surface area (Å²) in [6, 6.07) is 10.2. The second-order valence-corrected chi connectivity index (χ2v) is 8.83. The van der Waals surface area contributed by atoms with Crippen LogP contribution >= 0.6 is 23.1 Å². The maximum Gasteiger partial charge on any atom is 0.230 e. The molecule has 0 aliphatic rings. The van der Waals surface area contributed by atoms with E-state index in [9.17, 15) is 4.79 Å². The second kappa shape index (κ2) is 8.00. The van der Waals surface area contributed by atoms with E-state index in [1.54, 1.807) is 23.6 Å². The Morgan fingerprint density at radius 1 is 1.21 bits per heavy atom. The van der Waals surface area contributed by atoms with Crippen LogP contribution in [0.5, 0.6) is 0 Å². The Labute approximate surface area is 178 Å². The first-order valence-electron chi connectivity index (χ1n) is 9.32. The number of thioether (sulfide) groups is 1. The van der Waals surface area contributed by atoms with Gasteiger partial charge in [0.1, 0.15) is 0 Å². The number of aromatic nitrogens is 3. The highest BCUT2D eigenvalue weighted by molar-refractivity contribution is 7.98. The number of nitrogens with zero attached hydrogens (tertiary/aromatic N) is 4. The zero-order chi connectivity index (χ0) is 20.5. The predicted octanol–water partition coefficient (Wildman–Crippen LogP) is 5.69. The molecule has 0 fully saturated rings. The number of imidazole rings is 1. The highest BCUT2D eigenvalue weighted by Gasteiger charge is 2.22. The monoisotopic (exact) mass is 422 g/mol. The zero-order valence-electron chi connectivity index (χ0n) is 16.8. The zero-order valence-corrected chi connectivity index (χ0v) is 18.5. The number of carbonyl (C=O) groups is 1. The van der Waals surface area contributed by atoms with Crippen molar-refractivity contribution in [2.24, 2.45) is 0 Å². The molecule has 4 aromatic rings. The molecule has 1 aromatic carbocycles. The molecule has 1 amide bonds. The number of amides is 1. The normalized spacial score (nSPS) is 11.2. The number of anilines is 2. The Kier molecular flexibility index (Phi) is 5.43. The quantitative estimate of drug-likeness (QED) is 0.388. The van der Waals surface area contributed by atoms with Gasteiger partial charge in [0, 0.05) is 24.3 Å². The first-order chi connectivity index (χ1) is 13.9. The topological polar surface area (TPSA) is 50.5 Å². The van der Waals surface area contributed by atoms with Gasteiger partial charge in [-0.2, -0.15) is 0 Å². The highest BCUT2D eigenvalue weighted by atomic mass is 32.2. The largest absolute Gasteiger partial charge is 0.295 e. The van der Waals surface area contributed by atoms with Crippen molar-refractivity contribution >= 4 is 45.3 Å². The van der Waals surface area contributed by atoms with E-state index in [0.29, 0.717) is 10.9 Å². The third kappa shape index (κ3) is 3.93. The fourth-order valence-electron chi connectivity index (χ4n) is 3.54. The van der Waals surface area contributed by atoms with Gasteiger partial charge in [-0.1, -0.05) is 35.5 Å². The molecule has 0 N–H and O–H groups in total. The molecule has 0 saturated heterocycles. The summed E-state index contributed by atoms with van der Waals surface area (Å²) in [5, 5.41) is 3.66. The van der Waals surface area contributed by atoms with Crippen LogP contribution in [0.1, 0.15) is 29.3 Å². The van der Waals surface area contributed by atoms with Crippen LogP contribution in [0.15, 0.2) is 53.3 Å². The minimum Gasteiger partial charge on any atom is -0.295 e. The number of aryl methyl sites for hydroxylation is 3. The molecular weight excluding hydrogens is 400 g/mol. The molecule has 0 spiro atoms. The lowest BCUT2D eigenvalue weighted by Gasteiger charge is -2.23. The van der Waals surface area contributed by atoms with Gasteiger partial charge in [-0.3, -0.25) is 14.1 Å². The molecule has 5 nitrogen and oxygen atoms in total. The summed E-state index contributed by atoms with van der Waals surface area (Å²) < 4.78 is 2.07. The lowest BCUT2D eigenvalue weighted by molar-refractivity contribution is -0.115. The van der Waals surface area contributed by atoms with Crippen molar-refractivity contribution in [2.45, 2.75) is 38.6 Å². The number of benzene rings is 1. The van der Waals surface area contributed by atoms with Crippen LogP contribution in [0.2, 0.25) is 0 Å². The van der Waals surface area contributed by atoms with Crippen LogP contribution in [-0.2, 0) is 10.5 Å². The van der Waals surface area contributed by atoms with Crippen molar-refractivity contribution in [3.05, 3.63) is 70.5 Å². The molecule has 0 aliphatic heterocycles. The van der Waals surface area contributed by atoms with E-state index in [1.807, 2.05) is 49.8 Å². The summed E-state index contributed by atoms with van der Waals surface area (Å²) in [5.41, 5.74) is 6.28. The smallest absolute Gasteiger partial charge is 0.230 e. The van der Waals surface area contributed by atoms with Gasteiger partial charge in [0.05, 0.1) is 23.1 Å². The Hall–Kier alpha value is -2.64. The molecule has 148 valence electrons. The molecule has 0 bridgehead atoms. The van der Waals surface area contributed by atoms with Crippen molar-refractivity contribution in [1.29, 1.82) is 0 Å². The highest BCUT2D eigenvalue weighted by Crippen LogP contribution is 2.35. The minimum atomic E-state index is -0.0344. The molecule has 3 aromatic heterocycles. The van der Waals surface area contributed by atoms with E-state index < -0.39 is 0 Å². The first kappa shape index (κ1) is 19.7. The van der Waals surface area contributed by atoms with Crippen molar-refractivity contribution < 1.29 is 4.79 Å². The Bertz CT molecular complexity index is 1170. The number of thiazole rings is 1. The SMILES string of the molecule is CC(=O)N(c1nc(CSc2ncc3ccccn23)cs1)c1c(C)cc(C)cc1C. The molecule has 0 atom stereocenters. The van der Waals surface area contributed by atoms with Crippen molar-refractivity contribution in [1.82, 2.24) is 14.4 Å². The number of pyridine rings is 1. The van der Waals surface area contributed by atoms with E-state index in [-0.39, 0.29) is 5.91 Å². The Morgan fingerprint density at radius 3 is 2.69 bits per heavy atom. The van der Waals surface area contributed by atoms with E-state index in [1.165, 1.54) is 16.9 Å². The molecule has 3 heterocycles. The molecule has 4 rings (SSSR count). The van der Waals surface area contributed by atoms with Gasteiger partial charge in [-0.05, 0) is 44.0 Å². The van der Waals surface area contributed by atoms with Crippen molar-refractivity contribution in [3.8, 4) is 0 Å². The number of fused-ring (bicyclic) bond motifs is 1. The minimum absolute atomic E-state index is 0.0344. The van der Waals surface area contributed by atoms with Crippen LogP contribution in [0, 0.1) is 20.8 Å². The van der Waals surface area contributed by atoms with Crippen LogP contribution in [0.3, 0.4) is 0 Å². The van der Waals surface area contributed by atoms with Gasteiger partial charge < -0.3 is 0 Å². The number of carbonyl (C=O) groups excluding carboxylic acids is 1. The molecule has 0 unspecified atom stereocenters. The van der Waals surface area contributed by atoms with Gasteiger partial charge >= 0.3 is 0 Å². The molecule has 0 aliphatic carbocycles. The van der Waals surface area contributed by atoms with Crippen molar-refractivity contribution in [2.75, 3.05) is 4.90 Å². The van der Waals surface area contributed by atoms with E-state index in [4.69, 9.17) is 4.98 Å². The standard InChI is InChI=1S/C22H22N4OS2/c1-14-9-15(2)20(16(3)10-14)26(17(4)27)22-24-18(13-29-22)12-28-21-23-11-19-7-5-6-8-25(19)21/h5-11,13H,12H2,1-4H3. The number of rotatable bonds is 5. The van der Waals surface area contributed by atoms with Gasteiger partial charge in [0.25, 0.3) is 0 Å². The summed E-state index contributed by atoms with van der Waals surface area (Å²) in [6.45, 7) is 7.74. The van der Waals surface area contributed by atoms with Gasteiger partial charge in [-0.25, -0.2) is 9.97 Å². The summed E-state index contributed by atoms with van der Waals surface area (Å²) in [7, 11) is 0. The molecule has 0 radical (unpaired) electrons. The number of hydrogen-bond acceptors (Lipinski definition) is 5. The molecular formula is C22H22N4OS2. The first-order valence-corrected chi connectivity index (χ1v) is 11.2. The molecule has 29 heavy (non-hydrogen) atoms. The van der Waals surface area contributed by atoms with E-state index in [2.05, 4.69) is 28.4 Å². The summed E-state index contributed by atoms with van der Waals surface area (Å²) in [4.78, 5) is 23.5. The van der Waals surface area contributed by atoms with Crippen LogP contribution in [0.25, 0.3) is 5.52 Å². The number of hydrogen-bond donors (Lipinski definition) is 0. The van der Waals surface area contributed by atoms with Crippen molar-refractivity contribution in [3.63, 3.8) is 0 Å². The second-order valence-electron chi connectivity index (χ2n) is 7.05. The van der Waals surface area contributed by atoms with Crippen LogP contribution < -0.4 is 4.90 Å². The lowest BCUT2D eigenvalue weighted by atomic mass is 10.0. The Morgan fingerprint density at radius 2 is 1.97 bits per heavy atom. The lowest BCUT2D eigenvalue weighted by Crippen LogP contribution is -2.24. The van der Waals surface area contributed by atoms with Gasteiger partial charge in [0.2, 0.25) is 5.91 Å². The fraction of sp³-hybridized carbons (Fsp3) is 0.227. The summed E-state index contributed by atoms with van der Waals surface area (Å²) >= 11 is 3.14. The summed E-state index contributed by atoms with van der Waals surface area (Å²) in [6.07, 6.45) is 3.88. The molecule has 7 heteroatoms. The fourth-order valence-corrected chi connectivity index (χ4v) is 5.38. The third-order valence-corrected chi connectivity index (χ3v) is 6.53.